The number of anilines is 1. The van der Waals surface area contributed by atoms with Crippen LogP contribution in [-0.4, -0.2) is 39.1 Å². The molecule has 0 bridgehead atoms. The average molecular weight is 342 g/mol. The van der Waals surface area contributed by atoms with Crippen molar-refractivity contribution >= 4 is 29.4 Å². The Morgan fingerprint density at radius 3 is 2.41 bits per heavy atom. The van der Waals surface area contributed by atoms with Crippen molar-refractivity contribution < 1.29 is 37.0 Å². The molecule has 0 unspecified atom stereocenters. The highest BCUT2D eigenvalue weighted by atomic mass is 35.5. The molecule has 6 nitrogen and oxygen atoms in total. The van der Waals surface area contributed by atoms with E-state index in [9.17, 15) is 22.8 Å². The van der Waals surface area contributed by atoms with Crippen LogP contribution in [-0.2, 0) is 9.47 Å². The summed E-state index contributed by atoms with van der Waals surface area (Å²) in [4.78, 5) is 22.8. The Morgan fingerprint density at radius 2 is 1.91 bits per heavy atom. The second kappa shape index (κ2) is 7.21. The van der Waals surface area contributed by atoms with Gasteiger partial charge >= 0.3 is 18.2 Å². The van der Waals surface area contributed by atoms with Crippen molar-refractivity contribution in [3.05, 3.63) is 22.7 Å². The summed E-state index contributed by atoms with van der Waals surface area (Å²) in [6, 6.07) is 2.30. The van der Waals surface area contributed by atoms with E-state index in [4.69, 9.17) is 16.3 Å². The van der Waals surface area contributed by atoms with Crippen LogP contribution in [0.15, 0.2) is 12.1 Å². The molecular formula is C12H11ClF3NO5. The zero-order valence-corrected chi connectivity index (χ0v) is 12.2. The number of hydrogen-bond acceptors (Lipinski definition) is 5. The smallest absolute Gasteiger partial charge is 0.422 e. The number of benzene rings is 1. The van der Waals surface area contributed by atoms with Crippen molar-refractivity contribution in [3.63, 3.8) is 0 Å². The lowest BCUT2D eigenvalue weighted by Gasteiger charge is -2.13. The minimum Gasteiger partial charge on any atom is -0.496 e. The average Bonchev–Trinajstić information content (AvgIpc) is 2.45. The zero-order valence-electron chi connectivity index (χ0n) is 11.4. The van der Waals surface area contributed by atoms with Crippen LogP contribution in [0.4, 0.5) is 23.7 Å². The van der Waals surface area contributed by atoms with Gasteiger partial charge in [-0.25, -0.2) is 9.59 Å². The lowest BCUT2D eigenvalue weighted by Crippen LogP contribution is -2.23. The molecule has 0 aliphatic carbocycles. The Morgan fingerprint density at radius 1 is 1.27 bits per heavy atom. The topological polar surface area (TPSA) is 73.9 Å². The highest BCUT2D eigenvalue weighted by Gasteiger charge is 2.29. The molecule has 0 aromatic heterocycles. The summed E-state index contributed by atoms with van der Waals surface area (Å²) in [6.45, 7) is -1.74. The molecule has 122 valence electrons. The molecule has 1 aromatic rings. The largest absolute Gasteiger partial charge is 0.496 e. The van der Waals surface area contributed by atoms with E-state index in [2.05, 4.69) is 9.47 Å². The Hall–Kier alpha value is -2.16. The van der Waals surface area contributed by atoms with E-state index in [0.29, 0.717) is 0 Å². The predicted octanol–water partition coefficient (Wildman–Crippen LogP) is 3.25. The maximum Gasteiger partial charge on any atom is 0.422 e. The summed E-state index contributed by atoms with van der Waals surface area (Å²) < 4.78 is 49.2. The highest BCUT2D eigenvalue weighted by molar-refractivity contribution is 6.34. The maximum absolute atomic E-state index is 11.9. The van der Waals surface area contributed by atoms with Gasteiger partial charge in [-0.3, -0.25) is 5.32 Å². The Balaban J connectivity index is 2.92. The lowest BCUT2D eigenvalue weighted by molar-refractivity contribution is -0.159. The quantitative estimate of drug-likeness (QED) is 0.851. The SMILES string of the molecule is COC(=O)c1cc(Cl)c(NC(=O)OCC(F)(F)F)cc1OC. The van der Waals surface area contributed by atoms with Gasteiger partial charge in [-0.2, -0.15) is 13.2 Å². The van der Waals surface area contributed by atoms with Gasteiger partial charge < -0.3 is 14.2 Å². The summed E-state index contributed by atoms with van der Waals surface area (Å²) in [5.41, 5.74) is -0.0949. The minimum absolute atomic E-state index is 0.00999. The molecule has 0 heterocycles. The molecule has 0 spiro atoms. The summed E-state index contributed by atoms with van der Waals surface area (Å²) >= 11 is 5.84. The number of nitrogens with one attached hydrogen (secondary N) is 1. The second-order valence-electron chi connectivity index (χ2n) is 3.84. The number of rotatable bonds is 4. The first-order chi connectivity index (χ1) is 10.2. The van der Waals surface area contributed by atoms with E-state index in [-0.39, 0.29) is 22.0 Å². The number of amides is 1. The summed E-state index contributed by atoms with van der Waals surface area (Å²) in [6.07, 6.45) is -6.00. The molecule has 0 radical (unpaired) electrons. The molecule has 0 fully saturated rings. The van der Waals surface area contributed by atoms with Gasteiger partial charge in [-0.15, -0.1) is 0 Å². The first kappa shape index (κ1) is 17.9. The molecule has 10 heteroatoms. The fraction of sp³-hybridized carbons (Fsp3) is 0.333. The minimum atomic E-state index is -4.65. The van der Waals surface area contributed by atoms with Crippen LogP contribution >= 0.6 is 11.6 Å². The molecule has 0 saturated carbocycles. The van der Waals surface area contributed by atoms with E-state index in [0.717, 1.165) is 19.2 Å². The van der Waals surface area contributed by atoms with E-state index in [1.54, 1.807) is 0 Å². The van der Waals surface area contributed by atoms with Gasteiger partial charge in [0.1, 0.15) is 11.3 Å². The normalized spacial score (nSPS) is 10.8. The third-order valence-electron chi connectivity index (χ3n) is 2.30. The van der Waals surface area contributed by atoms with Gasteiger partial charge in [-0.05, 0) is 6.07 Å². The van der Waals surface area contributed by atoms with Crippen molar-refractivity contribution in [3.8, 4) is 5.75 Å². The Labute approximate surface area is 128 Å². The fourth-order valence-corrected chi connectivity index (χ4v) is 1.59. The third kappa shape index (κ3) is 4.99. The molecular weight excluding hydrogens is 331 g/mol. The lowest BCUT2D eigenvalue weighted by atomic mass is 10.2. The highest BCUT2D eigenvalue weighted by Crippen LogP contribution is 2.31. The van der Waals surface area contributed by atoms with Crippen LogP contribution in [0.5, 0.6) is 5.75 Å². The van der Waals surface area contributed by atoms with Crippen LogP contribution in [0.3, 0.4) is 0 Å². The Kier molecular flexibility index (Phi) is 5.86. The zero-order chi connectivity index (χ0) is 16.9. The maximum atomic E-state index is 11.9. The van der Waals surface area contributed by atoms with Crippen molar-refractivity contribution in [2.24, 2.45) is 0 Å². The number of halogens is 4. The number of esters is 1. The molecule has 1 N–H and O–H groups in total. The van der Waals surface area contributed by atoms with Crippen molar-refractivity contribution in [1.82, 2.24) is 0 Å². The predicted molar refractivity (Wildman–Crippen MR) is 70.4 cm³/mol. The summed E-state index contributed by atoms with van der Waals surface area (Å²) in [5.74, 6) is -0.715. The monoisotopic (exact) mass is 341 g/mol. The van der Waals surface area contributed by atoms with Crippen molar-refractivity contribution in [2.75, 3.05) is 26.1 Å². The van der Waals surface area contributed by atoms with E-state index >= 15 is 0 Å². The van der Waals surface area contributed by atoms with Crippen molar-refractivity contribution in [2.45, 2.75) is 6.18 Å². The number of alkyl halides is 3. The van der Waals surface area contributed by atoms with Crippen LogP contribution in [0, 0.1) is 0 Å². The second-order valence-corrected chi connectivity index (χ2v) is 4.25. The molecule has 1 rings (SSSR count). The van der Waals surface area contributed by atoms with Crippen LogP contribution in [0.25, 0.3) is 0 Å². The molecule has 0 aliphatic rings. The van der Waals surface area contributed by atoms with Crippen LogP contribution < -0.4 is 10.1 Å². The number of methoxy groups -OCH3 is 2. The van der Waals surface area contributed by atoms with Gasteiger partial charge in [-0.1, -0.05) is 11.6 Å². The number of ether oxygens (including phenoxy) is 3. The van der Waals surface area contributed by atoms with Crippen LogP contribution in [0.2, 0.25) is 5.02 Å². The fourth-order valence-electron chi connectivity index (χ4n) is 1.38. The molecule has 0 atom stereocenters. The number of carbonyl (C=O) groups excluding carboxylic acids is 2. The van der Waals surface area contributed by atoms with Crippen molar-refractivity contribution in [1.29, 1.82) is 0 Å². The number of hydrogen-bond donors (Lipinski definition) is 1. The molecule has 1 aromatic carbocycles. The third-order valence-corrected chi connectivity index (χ3v) is 2.61. The number of carbonyl (C=O) groups is 2. The molecule has 0 saturated heterocycles. The Bertz CT molecular complexity index is 577. The first-order valence-corrected chi connectivity index (χ1v) is 6.02. The standard InChI is InChI=1S/C12H11ClF3NO5/c1-20-9-4-8(7(13)3-6(9)10(18)21-2)17-11(19)22-5-12(14,15)16/h3-4H,5H2,1-2H3,(H,17,19). The van der Waals surface area contributed by atoms with Gasteiger partial charge in [0.15, 0.2) is 6.61 Å². The van der Waals surface area contributed by atoms with Gasteiger partial charge in [0.2, 0.25) is 0 Å². The summed E-state index contributed by atoms with van der Waals surface area (Å²) in [5, 5.41) is 1.91. The molecule has 22 heavy (non-hydrogen) atoms. The van der Waals surface area contributed by atoms with Gasteiger partial charge in [0.05, 0.1) is 24.9 Å². The van der Waals surface area contributed by atoms with Crippen LogP contribution in [0.1, 0.15) is 10.4 Å². The first-order valence-electron chi connectivity index (χ1n) is 5.64. The van der Waals surface area contributed by atoms with E-state index in [1.807, 2.05) is 5.32 Å². The summed E-state index contributed by atoms with van der Waals surface area (Å²) in [7, 11) is 2.40. The molecule has 1 amide bonds. The van der Waals surface area contributed by atoms with E-state index in [1.165, 1.54) is 7.11 Å². The van der Waals surface area contributed by atoms with E-state index < -0.39 is 24.8 Å². The molecule has 0 aliphatic heterocycles. The van der Waals surface area contributed by atoms with Gasteiger partial charge in [0.25, 0.3) is 0 Å². The van der Waals surface area contributed by atoms with Gasteiger partial charge in [0, 0.05) is 6.07 Å².